The number of sulfonamides is 1. The molecule has 1 heterocycles. The maximum Gasteiger partial charge on any atom is 0.262 e. The Labute approximate surface area is 136 Å². The van der Waals surface area contributed by atoms with Gasteiger partial charge in [-0.1, -0.05) is 6.07 Å². The van der Waals surface area contributed by atoms with E-state index in [2.05, 4.69) is 15.4 Å². The number of rotatable bonds is 2. The van der Waals surface area contributed by atoms with Gasteiger partial charge in [-0.15, -0.1) is 0 Å². The highest BCUT2D eigenvalue weighted by Gasteiger charge is 2.33. The van der Waals surface area contributed by atoms with Crippen molar-refractivity contribution in [3.8, 4) is 0 Å². The van der Waals surface area contributed by atoms with E-state index in [-0.39, 0.29) is 16.3 Å². The number of fused-ring (bicyclic) bond motifs is 1. The molecule has 0 saturated carbocycles. The lowest BCUT2D eigenvalue weighted by Gasteiger charge is -2.27. The van der Waals surface area contributed by atoms with Gasteiger partial charge in [-0.3, -0.25) is 4.79 Å². The topological polar surface area (TPSA) is 87.3 Å². The molecule has 126 valence electrons. The van der Waals surface area contributed by atoms with Crippen molar-refractivity contribution in [2.24, 2.45) is 0 Å². The van der Waals surface area contributed by atoms with Crippen LogP contribution in [-0.4, -0.2) is 20.5 Å². The second kappa shape index (κ2) is 5.84. The van der Waals surface area contributed by atoms with Crippen LogP contribution < -0.4 is 15.4 Å². The minimum atomic E-state index is -3.97. The summed E-state index contributed by atoms with van der Waals surface area (Å²) in [4.78, 5) is 12.1. The Morgan fingerprint density at radius 2 is 1.92 bits per heavy atom. The number of benzene rings is 2. The van der Waals surface area contributed by atoms with Gasteiger partial charge in [0.1, 0.15) is 16.5 Å². The van der Waals surface area contributed by atoms with Gasteiger partial charge in [0.2, 0.25) is 10.0 Å². The summed E-state index contributed by atoms with van der Waals surface area (Å²) in [7, 11) is -3.97. The van der Waals surface area contributed by atoms with Crippen molar-refractivity contribution < 1.29 is 22.0 Å². The third-order valence-corrected chi connectivity index (χ3v) is 4.99. The zero-order valence-electron chi connectivity index (χ0n) is 12.4. The number of halogens is 2. The van der Waals surface area contributed by atoms with Crippen molar-refractivity contribution in [2.45, 2.75) is 18.0 Å². The molecule has 2 aromatic carbocycles. The molecule has 2 aromatic rings. The Morgan fingerprint density at radius 3 is 2.62 bits per heavy atom. The lowest BCUT2D eigenvalue weighted by Crippen LogP contribution is -2.51. The molecule has 3 N–H and O–H groups in total. The fourth-order valence-corrected chi connectivity index (χ4v) is 3.51. The Bertz CT molecular complexity index is 932. The molecule has 0 unspecified atom stereocenters. The van der Waals surface area contributed by atoms with E-state index >= 15 is 0 Å². The third-order valence-electron chi connectivity index (χ3n) is 3.51. The SMILES string of the molecule is Cc1ccc(NC(=O)[C@@H]2Nc3cc(F)ccc3S(=O)(=O)N2)cc1F. The van der Waals surface area contributed by atoms with Crippen LogP contribution in [-0.2, 0) is 14.8 Å². The van der Waals surface area contributed by atoms with E-state index in [4.69, 9.17) is 0 Å². The molecular weight excluding hydrogens is 340 g/mol. The average molecular weight is 353 g/mol. The van der Waals surface area contributed by atoms with Gasteiger partial charge in [-0.25, -0.2) is 17.2 Å². The van der Waals surface area contributed by atoms with E-state index in [1.807, 2.05) is 0 Å². The Hall–Kier alpha value is -2.52. The standard InChI is InChI=1S/C15H13F2N3O3S/c1-8-2-4-10(7-11(8)17)18-15(21)14-19-12-6-9(16)3-5-13(12)24(22,23)20-14/h2-7,14,19-20H,1H3,(H,18,21)/t14-/m1/s1. The lowest BCUT2D eigenvalue weighted by atomic mass is 10.2. The second-order valence-electron chi connectivity index (χ2n) is 5.29. The third kappa shape index (κ3) is 3.08. The highest BCUT2D eigenvalue weighted by atomic mass is 32.2. The normalized spacial score (nSPS) is 18.4. The fourth-order valence-electron chi connectivity index (χ4n) is 2.26. The number of hydrogen-bond acceptors (Lipinski definition) is 4. The van der Waals surface area contributed by atoms with E-state index in [0.717, 1.165) is 24.3 Å². The van der Waals surface area contributed by atoms with Crippen LogP contribution in [0.5, 0.6) is 0 Å². The summed E-state index contributed by atoms with van der Waals surface area (Å²) in [5.74, 6) is -1.90. The molecule has 0 radical (unpaired) electrons. The smallest absolute Gasteiger partial charge is 0.262 e. The predicted octanol–water partition coefficient (Wildman–Crippen LogP) is 1.94. The van der Waals surface area contributed by atoms with E-state index in [1.54, 1.807) is 6.92 Å². The first-order valence-corrected chi connectivity index (χ1v) is 8.40. The van der Waals surface area contributed by atoms with Crippen LogP contribution in [0, 0.1) is 18.6 Å². The highest BCUT2D eigenvalue weighted by molar-refractivity contribution is 7.89. The molecule has 0 bridgehead atoms. The fraction of sp³-hybridized carbons (Fsp3) is 0.133. The van der Waals surface area contributed by atoms with Crippen molar-refractivity contribution in [3.63, 3.8) is 0 Å². The molecule has 1 aliphatic heterocycles. The summed E-state index contributed by atoms with van der Waals surface area (Å²) in [6, 6.07) is 7.19. The van der Waals surface area contributed by atoms with Crippen molar-refractivity contribution in [1.82, 2.24) is 4.72 Å². The molecule has 1 aliphatic rings. The highest BCUT2D eigenvalue weighted by Crippen LogP contribution is 2.27. The van der Waals surface area contributed by atoms with Crippen molar-refractivity contribution in [2.75, 3.05) is 10.6 Å². The number of aryl methyl sites for hydroxylation is 1. The van der Waals surface area contributed by atoms with Crippen LogP contribution in [0.3, 0.4) is 0 Å². The number of nitrogens with one attached hydrogen (secondary N) is 3. The largest absolute Gasteiger partial charge is 0.360 e. The summed E-state index contributed by atoms with van der Waals surface area (Å²) in [6.45, 7) is 1.57. The van der Waals surface area contributed by atoms with Crippen molar-refractivity contribution in [3.05, 3.63) is 53.6 Å². The molecule has 0 saturated heterocycles. The van der Waals surface area contributed by atoms with Crippen LogP contribution in [0.1, 0.15) is 5.56 Å². The number of hydrogen-bond donors (Lipinski definition) is 3. The summed E-state index contributed by atoms with van der Waals surface area (Å²) < 4.78 is 53.2. The minimum Gasteiger partial charge on any atom is -0.360 e. The minimum absolute atomic E-state index is 0.0241. The quantitative estimate of drug-likeness (QED) is 0.770. The van der Waals surface area contributed by atoms with E-state index in [0.29, 0.717) is 5.56 Å². The first-order valence-electron chi connectivity index (χ1n) is 6.92. The van der Waals surface area contributed by atoms with Gasteiger partial charge in [0.25, 0.3) is 5.91 Å². The summed E-state index contributed by atoms with van der Waals surface area (Å²) in [5.41, 5.74) is 0.562. The van der Waals surface area contributed by atoms with Crippen LogP contribution in [0.2, 0.25) is 0 Å². The molecule has 0 spiro atoms. The van der Waals surface area contributed by atoms with Gasteiger partial charge in [0.05, 0.1) is 5.69 Å². The maximum absolute atomic E-state index is 13.5. The van der Waals surface area contributed by atoms with Gasteiger partial charge >= 0.3 is 0 Å². The van der Waals surface area contributed by atoms with Gasteiger partial charge in [-0.2, -0.15) is 4.72 Å². The van der Waals surface area contributed by atoms with Gasteiger partial charge in [0, 0.05) is 5.69 Å². The monoisotopic (exact) mass is 353 g/mol. The zero-order chi connectivity index (χ0) is 17.5. The van der Waals surface area contributed by atoms with Gasteiger partial charge in [-0.05, 0) is 42.8 Å². The molecule has 3 rings (SSSR count). The van der Waals surface area contributed by atoms with Gasteiger partial charge < -0.3 is 10.6 Å². The average Bonchev–Trinajstić information content (AvgIpc) is 2.49. The number of anilines is 2. The van der Waals surface area contributed by atoms with E-state index in [1.165, 1.54) is 12.1 Å². The predicted molar refractivity (Wildman–Crippen MR) is 83.9 cm³/mol. The molecule has 0 aliphatic carbocycles. The second-order valence-corrected chi connectivity index (χ2v) is 6.97. The summed E-state index contributed by atoms with van der Waals surface area (Å²) in [5, 5.41) is 5.00. The van der Waals surface area contributed by atoms with Crippen molar-refractivity contribution in [1.29, 1.82) is 0 Å². The zero-order valence-corrected chi connectivity index (χ0v) is 13.2. The summed E-state index contributed by atoms with van der Waals surface area (Å²) >= 11 is 0. The van der Waals surface area contributed by atoms with Gasteiger partial charge in [0.15, 0.2) is 6.17 Å². The molecule has 6 nitrogen and oxygen atoms in total. The Kier molecular flexibility index (Phi) is 3.98. The van der Waals surface area contributed by atoms with Crippen LogP contribution in [0.15, 0.2) is 41.3 Å². The number of carbonyl (C=O) groups excluding carboxylic acids is 1. The van der Waals surface area contributed by atoms with Crippen LogP contribution in [0.25, 0.3) is 0 Å². The maximum atomic E-state index is 13.5. The van der Waals surface area contributed by atoms with E-state index in [9.17, 15) is 22.0 Å². The van der Waals surface area contributed by atoms with Crippen LogP contribution in [0.4, 0.5) is 20.2 Å². The first-order chi connectivity index (χ1) is 11.3. The number of amides is 1. The molecule has 24 heavy (non-hydrogen) atoms. The Balaban J connectivity index is 1.85. The molecule has 1 atom stereocenters. The number of carbonyl (C=O) groups is 1. The molecule has 1 amide bonds. The molecular formula is C15H13F2N3O3S. The molecule has 9 heteroatoms. The summed E-state index contributed by atoms with van der Waals surface area (Å²) in [6.07, 6.45) is -1.35. The van der Waals surface area contributed by atoms with E-state index < -0.39 is 33.7 Å². The first kappa shape index (κ1) is 16.3. The molecule has 0 aromatic heterocycles. The van der Waals surface area contributed by atoms with Crippen LogP contribution >= 0.6 is 0 Å². The lowest BCUT2D eigenvalue weighted by molar-refractivity contribution is -0.117. The molecule has 0 fully saturated rings. The van der Waals surface area contributed by atoms with Crippen molar-refractivity contribution >= 4 is 27.3 Å². The Morgan fingerprint density at radius 1 is 1.17 bits per heavy atom.